The number of halogens is 3. The summed E-state index contributed by atoms with van der Waals surface area (Å²) >= 11 is 0. The van der Waals surface area contributed by atoms with Crippen LogP contribution >= 0.6 is 0 Å². The second-order valence-electron chi connectivity index (χ2n) is 11.7. The molecular formula is C41H19F3N6. The highest BCUT2D eigenvalue weighted by molar-refractivity contribution is 6.13. The number of benzene rings is 6. The molecule has 9 heteroatoms. The number of hydrogen-bond donors (Lipinski definition) is 0. The number of hydrogen-bond acceptors (Lipinski definition) is 2. The third-order valence-corrected chi connectivity index (χ3v) is 9.02. The highest BCUT2D eigenvalue weighted by Gasteiger charge is 2.37. The molecule has 0 spiro atoms. The summed E-state index contributed by atoms with van der Waals surface area (Å²) in [6, 6.07) is 36.1. The molecule has 6 aromatic carbocycles. The number of fused-ring (bicyclic) bond motifs is 6. The van der Waals surface area contributed by atoms with Gasteiger partial charge in [0, 0.05) is 38.2 Å². The Bertz CT molecular complexity index is 2760. The Labute approximate surface area is 282 Å². The lowest BCUT2D eigenvalue weighted by molar-refractivity contribution is -0.137. The van der Waals surface area contributed by atoms with Gasteiger partial charge >= 0.3 is 6.18 Å². The van der Waals surface area contributed by atoms with Crippen molar-refractivity contribution in [1.82, 2.24) is 9.13 Å². The molecule has 0 aliphatic heterocycles. The van der Waals surface area contributed by atoms with Gasteiger partial charge in [-0.1, -0.05) is 72.8 Å². The van der Waals surface area contributed by atoms with Gasteiger partial charge in [0.15, 0.2) is 11.4 Å². The Morgan fingerprint density at radius 2 is 1.10 bits per heavy atom. The van der Waals surface area contributed by atoms with E-state index >= 15 is 13.2 Å². The predicted molar refractivity (Wildman–Crippen MR) is 188 cm³/mol. The van der Waals surface area contributed by atoms with Gasteiger partial charge in [-0.15, -0.1) is 0 Å². The molecule has 0 aliphatic rings. The minimum Gasteiger partial charge on any atom is -0.310 e. The van der Waals surface area contributed by atoms with E-state index in [0.717, 1.165) is 27.6 Å². The number of alkyl halides is 3. The third-order valence-electron chi connectivity index (χ3n) is 9.02. The zero-order chi connectivity index (χ0) is 34.7. The maximum Gasteiger partial charge on any atom is 0.415 e. The van der Waals surface area contributed by atoms with Gasteiger partial charge in [-0.05, 0) is 42.5 Å². The first-order valence-electron chi connectivity index (χ1n) is 15.3. The lowest BCUT2D eigenvalue weighted by Crippen LogP contribution is -2.11. The molecule has 0 bridgehead atoms. The summed E-state index contributed by atoms with van der Waals surface area (Å²) in [6.07, 6.45) is -4.86. The van der Waals surface area contributed by atoms with Gasteiger partial charge < -0.3 is 9.13 Å². The van der Waals surface area contributed by atoms with Crippen LogP contribution in [0, 0.1) is 35.8 Å². The molecule has 0 radical (unpaired) electrons. The van der Waals surface area contributed by atoms with Gasteiger partial charge in [-0.25, -0.2) is 9.69 Å². The molecular weight excluding hydrogens is 633 g/mol. The minimum atomic E-state index is -4.86. The largest absolute Gasteiger partial charge is 0.415 e. The van der Waals surface area contributed by atoms with E-state index in [1.807, 2.05) is 48.5 Å². The van der Waals surface area contributed by atoms with Gasteiger partial charge in [0.1, 0.15) is 0 Å². The summed E-state index contributed by atoms with van der Waals surface area (Å²) in [5.74, 6) is 0. The molecule has 234 valence electrons. The lowest BCUT2D eigenvalue weighted by atomic mass is 9.92. The fourth-order valence-electron chi connectivity index (χ4n) is 7.01. The third kappa shape index (κ3) is 4.40. The molecule has 0 saturated carbocycles. The number of aromatic nitrogens is 2. The number of para-hydroxylation sites is 2. The van der Waals surface area contributed by atoms with Crippen molar-refractivity contribution in [2.24, 2.45) is 0 Å². The van der Waals surface area contributed by atoms with Crippen molar-refractivity contribution in [2.45, 2.75) is 6.18 Å². The van der Waals surface area contributed by atoms with E-state index in [0.29, 0.717) is 33.3 Å². The first kappa shape index (κ1) is 30.0. The molecule has 2 aromatic heterocycles. The molecule has 0 aliphatic carbocycles. The lowest BCUT2D eigenvalue weighted by Gasteiger charge is -2.24. The van der Waals surface area contributed by atoms with Crippen molar-refractivity contribution in [3.63, 3.8) is 0 Å². The smallest absolute Gasteiger partial charge is 0.310 e. The molecule has 0 N–H and O–H groups in total. The van der Waals surface area contributed by atoms with E-state index in [9.17, 15) is 10.5 Å². The van der Waals surface area contributed by atoms with Crippen molar-refractivity contribution in [3.8, 4) is 34.6 Å². The molecule has 0 amide bonds. The van der Waals surface area contributed by atoms with Crippen molar-refractivity contribution < 1.29 is 13.2 Å². The van der Waals surface area contributed by atoms with Crippen molar-refractivity contribution in [1.29, 1.82) is 10.5 Å². The van der Waals surface area contributed by atoms with Crippen molar-refractivity contribution in [3.05, 3.63) is 155 Å². The Balaban J connectivity index is 1.68. The Hall–Kier alpha value is -7.33. The van der Waals surface area contributed by atoms with Gasteiger partial charge in [-0.3, -0.25) is 0 Å². The van der Waals surface area contributed by atoms with Gasteiger partial charge in [-0.2, -0.15) is 23.7 Å². The average molecular weight is 653 g/mol. The molecule has 0 atom stereocenters. The highest BCUT2D eigenvalue weighted by atomic mass is 19.4. The maximum atomic E-state index is 15.1. The van der Waals surface area contributed by atoms with Gasteiger partial charge in [0.25, 0.3) is 0 Å². The van der Waals surface area contributed by atoms with Crippen LogP contribution in [0.3, 0.4) is 0 Å². The van der Waals surface area contributed by atoms with Crippen LogP contribution in [0.25, 0.3) is 75.8 Å². The summed E-state index contributed by atoms with van der Waals surface area (Å²) in [6.45, 7) is 15.8. The van der Waals surface area contributed by atoms with Crippen LogP contribution in [0.4, 0.5) is 24.5 Å². The average Bonchev–Trinajstić information content (AvgIpc) is 3.65. The normalized spacial score (nSPS) is 11.4. The number of nitrogens with zero attached hydrogens (tertiary/aromatic N) is 6. The standard InChI is InChI=1S/C41H19F3N6/c1-47-26-15-17-30-28-9-4-6-13-34(28)50(36(30)21-26)38-20-25(23-46)19-37(40(38)39-31(41(42,43)44)10-7-11-32(39)48-2)49-33-12-5-3-8-27(33)29-16-14-24(22-45)18-35(29)49/h3-21H. The summed E-state index contributed by atoms with van der Waals surface area (Å²) in [7, 11) is 0. The molecule has 6 nitrogen and oxygen atoms in total. The molecule has 0 fully saturated rings. The SMILES string of the molecule is [C-]#[N+]c1ccc2c3ccccc3n(-c3cc(C#N)cc(-n4c5ccccc5c5ccc(C#N)cc54)c3-c3c([N+]#[C-])cccc3C(F)(F)F)c2c1. The number of rotatable bonds is 3. The molecule has 8 aromatic rings. The van der Waals surface area contributed by atoms with E-state index in [4.69, 9.17) is 13.1 Å². The zero-order valence-electron chi connectivity index (χ0n) is 25.8. The van der Waals surface area contributed by atoms with Crippen LogP contribution in [-0.4, -0.2) is 9.13 Å². The van der Waals surface area contributed by atoms with Crippen LogP contribution in [0.1, 0.15) is 16.7 Å². The summed E-state index contributed by atoms with van der Waals surface area (Å²) in [5, 5.41) is 23.4. The van der Waals surface area contributed by atoms with Crippen LogP contribution in [0.2, 0.25) is 0 Å². The second-order valence-corrected chi connectivity index (χ2v) is 11.7. The van der Waals surface area contributed by atoms with E-state index < -0.39 is 11.7 Å². The predicted octanol–water partition coefficient (Wildman–Crippen LogP) is 11.4. The summed E-state index contributed by atoms with van der Waals surface area (Å²) in [5.41, 5.74) is 2.07. The molecule has 0 unspecified atom stereocenters. The highest BCUT2D eigenvalue weighted by Crippen LogP contribution is 2.49. The Morgan fingerprint density at radius 3 is 1.66 bits per heavy atom. The van der Waals surface area contributed by atoms with E-state index in [1.165, 1.54) is 24.3 Å². The topological polar surface area (TPSA) is 66.2 Å². The number of nitriles is 2. The van der Waals surface area contributed by atoms with Crippen LogP contribution < -0.4 is 0 Å². The Morgan fingerprint density at radius 1 is 0.540 bits per heavy atom. The van der Waals surface area contributed by atoms with Gasteiger partial charge in [0.05, 0.1) is 69.9 Å². The van der Waals surface area contributed by atoms with Crippen molar-refractivity contribution in [2.75, 3.05) is 0 Å². The van der Waals surface area contributed by atoms with Crippen LogP contribution in [-0.2, 0) is 6.18 Å². The second kappa shape index (κ2) is 11.1. The molecule has 8 rings (SSSR count). The Kier molecular flexibility index (Phi) is 6.69. The zero-order valence-corrected chi connectivity index (χ0v) is 25.8. The van der Waals surface area contributed by atoms with E-state index in [-0.39, 0.29) is 33.8 Å². The van der Waals surface area contributed by atoms with Crippen LogP contribution in [0.5, 0.6) is 0 Å². The van der Waals surface area contributed by atoms with Crippen molar-refractivity contribution >= 4 is 55.0 Å². The molecule has 0 saturated heterocycles. The first-order chi connectivity index (χ1) is 24.3. The van der Waals surface area contributed by atoms with Crippen LogP contribution in [0.15, 0.2) is 115 Å². The summed E-state index contributed by atoms with van der Waals surface area (Å²) in [4.78, 5) is 7.22. The quantitative estimate of drug-likeness (QED) is 0.178. The van der Waals surface area contributed by atoms with Gasteiger partial charge in [0.2, 0.25) is 0 Å². The molecule has 2 heterocycles. The minimum absolute atomic E-state index is 0.0591. The van der Waals surface area contributed by atoms with E-state index in [1.54, 1.807) is 45.5 Å². The van der Waals surface area contributed by atoms with E-state index in [2.05, 4.69) is 21.8 Å². The first-order valence-corrected chi connectivity index (χ1v) is 15.3. The fourth-order valence-corrected chi connectivity index (χ4v) is 7.01. The molecule has 50 heavy (non-hydrogen) atoms. The summed E-state index contributed by atoms with van der Waals surface area (Å²) < 4.78 is 48.9. The maximum absolute atomic E-state index is 15.1. The monoisotopic (exact) mass is 652 g/mol. The fraction of sp³-hybridized carbons (Fsp3) is 0.0244.